The number of aryl methyl sites for hydroxylation is 1. The fourth-order valence-corrected chi connectivity index (χ4v) is 2.10. The maximum atomic E-state index is 13.9. The molecule has 0 saturated heterocycles. The Hall–Kier alpha value is -2.07. The highest BCUT2D eigenvalue weighted by molar-refractivity contribution is 5.98. The van der Waals surface area contributed by atoms with E-state index in [-0.39, 0.29) is 18.5 Å². The number of Topliss-reactive ketones (excluding diaryl/α,β-unsaturated/α-hetero) is 1. The first-order valence-corrected chi connectivity index (χ1v) is 6.29. The van der Waals surface area contributed by atoms with Gasteiger partial charge in [0.2, 0.25) is 0 Å². The summed E-state index contributed by atoms with van der Waals surface area (Å²) in [5.74, 6) is -2.20. The number of nitrogens with two attached hydrogens (primary N) is 1. The number of benzene rings is 2. The molecule has 2 rings (SSSR count). The molecule has 0 radical (unpaired) electrons. The Morgan fingerprint density at radius 2 is 1.75 bits per heavy atom. The molecule has 0 fully saturated rings. The quantitative estimate of drug-likeness (QED) is 0.871. The Kier molecular flexibility index (Phi) is 4.25. The highest BCUT2D eigenvalue weighted by atomic mass is 19.1. The molecular formula is C16H15F2NO. The Morgan fingerprint density at radius 3 is 2.40 bits per heavy atom. The van der Waals surface area contributed by atoms with E-state index in [1.54, 1.807) is 18.2 Å². The van der Waals surface area contributed by atoms with Crippen LogP contribution in [-0.4, -0.2) is 5.78 Å². The summed E-state index contributed by atoms with van der Waals surface area (Å²) in [7, 11) is 0. The van der Waals surface area contributed by atoms with Gasteiger partial charge >= 0.3 is 0 Å². The highest BCUT2D eigenvalue weighted by Crippen LogP contribution is 2.19. The molecule has 20 heavy (non-hydrogen) atoms. The van der Waals surface area contributed by atoms with Crippen molar-refractivity contribution < 1.29 is 13.6 Å². The lowest BCUT2D eigenvalue weighted by Crippen LogP contribution is -2.12. The maximum Gasteiger partial charge on any atom is 0.173 e. The molecule has 0 atom stereocenters. The highest BCUT2D eigenvalue weighted by Gasteiger charge is 2.19. The largest absolute Gasteiger partial charge is 0.326 e. The van der Waals surface area contributed by atoms with E-state index in [2.05, 4.69) is 0 Å². The fourth-order valence-electron chi connectivity index (χ4n) is 2.10. The second-order valence-corrected chi connectivity index (χ2v) is 4.63. The molecule has 2 nitrogen and oxygen atoms in total. The van der Waals surface area contributed by atoms with Gasteiger partial charge in [0.05, 0.1) is 5.56 Å². The van der Waals surface area contributed by atoms with E-state index in [0.717, 1.165) is 11.6 Å². The molecule has 4 heteroatoms. The molecule has 104 valence electrons. The summed E-state index contributed by atoms with van der Waals surface area (Å²) in [6.07, 6.45) is -0.0648. The number of halogens is 2. The summed E-state index contributed by atoms with van der Waals surface area (Å²) in [6, 6.07) is 9.54. The van der Waals surface area contributed by atoms with Crippen molar-refractivity contribution >= 4 is 5.78 Å². The summed E-state index contributed by atoms with van der Waals surface area (Å²) in [5.41, 5.74) is 6.86. The molecule has 2 aromatic rings. The number of hydrogen-bond donors (Lipinski definition) is 1. The van der Waals surface area contributed by atoms with Gasteiger partial charge in [0.1, 0.15) is 11.6 Å². The number of carbonyl (C=O) groups is 1. The molecule has 0 spiro atoms. The van der Waals surface area contributed by atoms with Crippen molar-refractivity contribution in [2.24, 2.45) is 5.73 Å². The van der Waals surface area contributed by atoms with Crippen molar-refractivity contribution in [3.05, 3.63) is 70.3 Å². The number of carbonyl (C=O) groups excluding carboxylic acids is 1. The zero-order chi connectivity index (χ0) is 14.7. The van der Waals surface area contributed by atoms with Crippen molar-refractivity contribution in [2.75, 3.05) is 0 Å². The van der Waals surface area contributed by atoms with Crippen LogP contribution in [0.1, 0.15) is 27.0 Å². The fraction of sp³-hybridized carbons (Fsp3) is 0.188. The van der Waals surface area contributed by atoms with Gasteiger partial charge in [-0.15, -0.1) is 0 Å². The first kappa shape index (κ1) is 14.3. The first-order chi connectivity index (χ1) is 9.54. The summed E-state index contributed by atoms with van der Waals surface area (Å²) in [5, 5.41) is 0. The van der Waals surface area contributed by atoms with Crippen LogP contribution in [-0.2, 0) is 13.0 Å². The minimum atomic E-state index is -0.830. The SMILES string of the molecule is Cc1ccc(F)c(C(=O)Cc2ccccc2CN)c1F. The van der Waals surface area contributed by atoms with E-state index in [4.69, 9.17) is 5.73 Å². The average Bonchev–Trinajstić information content (AvgIpc) is 2.44. The van der Waals surface area contributed by atoms with E-state index in [9.17, 15) is 13.6 Å². The van der Waals surface area contributed by atoms with Crippen molar-refractivity contribution in [2.45, 2.75) is 19.9 Å². The van der Waals surface area contributed by atoms with Crippen molar-refractivity contribution in [3.8, 4) is 0 Å². The van der Waals surface area contributed by atoms with E-state index in [0.29, 0.717) is 5.56 Å². The van der Waals surface area contributed by atoms with Crippen LogP contribution in [0.3, 0.4) is 0 Å². The lowest BCUT2D eigenvalue weighted by atomic mass is 9.97. The predicted molar refractivity (Wildman–Crippen MR) is 73.5 cm³/mol. The van der Waals surface area contributed by atoms with Gasteiger partial charge in [-0.1, -0.05) is 30.3 Å². The molecule has 0 unspecified atom stereocenters. The van der Waals surface area contributed by atoms with E-state index in [1.165, 1.54) is 13.0 Å². The smallest absolute Gasteiger partial charge is 0.173 e. The van der Waals surface area contributed by atoms with Gasteiger partial charge < -0.3 is 5.73 Å². The Bertz CT molecular complexity index is 653. The third kappa shape index (κ3) is 2.75. The second kappa shape index (κ2) is 5.92. The molecule has 0 aliphatic rings. The van der Waals surface area contributed by atoms with Crippen LogP contribution in [0.15, 0.2) is 36.4 Å². The molecule has 0 heterocycles. The van der Waals surface area contributed by atoms with Crippen LogP contribution in [0.2, 0.25) is 0 Å². The lowest BCUT2D eigenvalue weighted by Gasteiger charge is -2.09. The van der Waals surface area contributed by atoms with Crippen LogP contribution in [0, 0.1) is 18.6 Å². The van der Waals surface area contributed by atoms with Gasteiger partial charge in [-0.05, 0) is 29.7 Å². The monoisotopic (exact) mass is 275 g/mol. The summed E-state index contributed by atoms with van der Waals surface area (Å²) >= 11 is 0. The topological polar surface area (TPSA) is 43.1 Å². The van der Waals surface area contributed by atoms with Crippen LogP contribution >= 0.6 is 0 Å². The number of rotatable bonds is 4. The predicted octanol–water partition coefficient (Wildman–Crippen LogP) is 3.16. The zero-order valence-electron chi connectivity index (χ0n) is 11.1. The molecule has 0 aromatic heterocycles. The normalized spacial score (nSPS) is 10.6. The van der Waals surface area contributed by atoms with Crippen LogP contribution in [0.5, 0.6) is 0 Å². The summed E-state index contributed by atoms with van der Waals surface area (Å²) < 4.78 is 27.6. The minimum absolute atomic E-state index is 0.0648. The molecule has 0 aliphatic carbocycles. The third-order valence-corrected chi connectivity index (χ3v) is 3.25. The van der Waals surface area contributed by atoms with Gasteiger partial charge in [-0.25, -0.2) is 8.78 Å². The maximum absolute atomic E-state index is 13.9. The first-order valence-electron chi connectivity index (χ1n) is 6.29. The van der Waals surface area contributed by atoms with Crippen LogP contribution < -0.4 is 5.73 Å². The van der Waals surface area contributed by atoms with Gasteiger partial charge in [0, 0.05) is 13.0 Å². The van der Waals surface area contributed by atoms with E-state index >= 15 is 0 Å². The van der Waals surface area contributed by atoms with Gasteiger partial charge in [0.25, 0.3) is 0 Å². The summed E-state index contributed by atoms with van der Waals surface area (Å²) in [4.78, 5) is 12.2. The minimum Gasteiger partial charge on any atom is -0.326 e. The Labute approximate surface area is 116 Å². The summed E-state index contributed by atoms with van der Waals surface area (Å²) in [6.45, 7) is 1.78. The Balaban J connectivity index is 2.36. The zero-order valence-corrected chi connectivity index (χ0v) is 11.1. The third-order valence-electron chi connectivity index (χ3n) is 3.25. The van der Waals surface area contributed by atoms with Gasteiger partial charge in [-0.2, -0.15) is 0 Å². The molecular weight excluding hydrogens is 260 g/mol. The Morgan fingerprint density at radius 1 is 1.10 bits per heavy atom. The van der Waals surface area contributed by atoms with E-state index < -0.39 is 23.0 Å². The van der Waals surface area contributed by atoms with E-state index in [1.807, 2.05) is 6.07 Å². The van der Waals surface area contributed by atoms with Crippen LogP contribution in [0.4, 0.5) is 8.78 Å². The molecule has 2 N–H and O–H groups in total. The lowest BCUT2D eigenvalue weighted by molar-refractivity contribution is 0.0984. The van der Waals surface area contributed by atoms with Crippen molar-refractivity contribution in [1.82, 2.24) is 0 Å². The molecule has 0 amide bonds. The molecule has 0 aliphatic heterocycles. The average molecular weight is 275 g/mol. The van der Waals surface area contributed by atoms with Crippen molar-refractivity contribution in [3.63, 3.8) is 0 Å². The van der Waals surface area contributed by atoms with Crippen molar-refractivity contribution in [1.29, 1.82) is 0 Å². The second-order valence-electron chi connectivity index (χ2n) is 4.63. The van der Waals surface area contributed by atoms with Gasteiger partial charge in [0.15, 0.2) is 5.78 Å². The number of ketones is 1. The number of hydrogen-bond acceptors (Lipinski definition) is 2. The standard InChI is InChI=1S/C16H15F2NO/c1-10-6-7-13(17)15(16(10)18)14(20)8-11-4-2-3-5-12(11)9-19/h2-7H,8-9,19H2,1H3. The van der Waals surface area contributed by atoms with Crippen LogP contribution in [0.25, 0.3) is 0 Å². The molecule has 0 saturated carbocycles. The molecule has 2 aromatic carbocycles. The van der Waals surface area contributed by atoms with Gasteiger partial charge in [-0.3, -0.25) is 4.79 Å². The molecule has 0 bridgehead atoms.